The molecular formula is C18H16N4OS. The Balaban J connectivity index is 1.66. The summed E-state index contributed by atoms with van der Waals surface area (Å²) in [6.07, 6.45) is 4.44. The van der Waals surface area contributed by atoms with Crippen molar-refractivity contribution in [3.05, 3.63) is 56.7 Å². The van der Waals surface area contributed by atoms with Crippen molar-refractivity contribution in [2.75, 3.05) is 5.43 Å². The van der Waals surface area contributed by atoms with Crippen LogP contribution in [0.5, 0.6) is 0 Å². The molecule has 1 aliphatic carbocycles. The molecule has 6 heteroatoms. The van der Waals surface area contributed by atoms with Crippen molar-refractivity contribution < 1.29 is 0 Å². The highest BCUT2D eigenvalue weighted by molar-refractivity contribution is 7.18. The second-order valence-corrected chi connectivity index (χ2v) is 7.34. The number of aromatic nitrogens is 2. The Morgan fingerprint density at radius 3 is 2.83 bits per heavy atom. The quantitative estimate of drug-likeness (QED) is 0.742. The van der Waals surface area contributed by atoms with E-state index < -0.39 is 0 Å². The lowest BCUT2D eigenvalue weighted by Gasteiger charge is -2.19. The number of hydrogen-bond donors (Lipinski definition) is 1. The summed E-state index contributed by atoms with van der Waals surface area (Å²) in [5, 5.41) is 5.25. The average Bonchev–Trinajstić information content (AvgIpc) is 3.01. The summed E-state index contributed by atoms with van der Waals surface area (Å²) in [6, 6.07) is 9.95. The molecule has 1 N–H and O–H groups in total. The smallest absolute Gasteiger partial charge is 0.264 e. The van der Waals surface area contributed by atoms with Crippen molar-refractivity contribution >= 4 is 33.2 Å². The van der Waals surface area contributed by atoms with Crippen molar-refractivity contribution in [1.82, 2.24) is 9.55 Å². The van der Waals surface area contributed by atoms with E-state index in [2.05, 4.69) is 15.5 Å². The molecule has 2 aromatic heterocycles. The van der Waals surface area contributed by atoms with E-state index >= 15 is 0 Å². The van der Waals surface area contributed by atoms with Crippen LogP contribution in [-0.2, 0) is 19.4 Å². The summed E-state index contributed by atoms with van der Waals surface area (Å²) >= 11 is 1.67. The molecular weight excluding hydrogens is 320 g/mol. The lowest BCUT2D eigenvalue weighted by molar-refractivity contribution is 0.698. The third-order valence-electron chi connectivity index (χ3n) is 4.78. The number of hydrogen-bond acceptors (Lipinski definition) is 5. The SMILES string of the molecule is O=c1c2c3c(sc2nc2n1CC(c1ccccc1)=NN2)CCCC3. The monoisotopic (exact) mass is 336 g/mol. The summed E-state index contributed by atoms with van der Waals surface area (Å²) in [4.78, 5) is 20.0. The largest absolute Gasteiger partial charge is 0.271 e. The molecule has 3 aromatic rings. The van der Waals surface area contributed by atoms with Gasteiger partial charge >= 0.3 is 0 Å². The molecule has 0 atom stereocenters. The summed E-state index contributed by atoms with van der Waals surface area (Å²) < 4.78 is 1.72. The van der Waals surface area contributed by atoms with Crippen LogP contribution in [0.25, 0.3) is 10.2 Å². The van der Waals surface area contributed by atoms with Gasteiger partial charge in [0.15, 0.2) is 0 Å². The number of fused-ring (bicyclic) bond motifs is 4. The van der Waals surface area contributed by atoms with Crippen molar-refractivity contribution in [3.63, 3.8) is 0 Å². The van der Waals surface area contributed by atoms with Crippen LogP contribution in [0.3, 0.4) is 0 Å². The van der Waals surface area contributed by atoms with Crippen molar-refractivity contribution in [3.8, 4) is 0 Å². The molecule has 2 aliphatic rings. The molecule has 5 nitrogen and oxygen atoms in total. The van der Waals surface area contributed by atoms with E-state index in [-0.39, 0.29) is 5.56 Å². The normalized spacial score (nSPS) is 16.2. The van der Waals surface area contributed by atoms with E-state index in [4.69, 9.17) is 0 Å². The molecule has 1 aromatic carbocycles. The number of benzene rings is 1. The van der Waals surface area contributed by atoms with E-state index in [1.165, 1.54) is 16.9 Å². The second-order valence-electron chi connectivity index (χ2n) is 6.25. The fraction of sp³-hybridized carbons (Fsp3) is 0.278. The third-order valence-corrected chi connectivity index (χ3v) is 5.97. The van der Waals surface area contributed by atoms with Gasteiger partial charge in [0.2, 0.25) is 5.95 Å². The molecule has 0 fully saturated rings. The van der Waals surface area contributed by atoms with Crippen LogP contribution >= 0.6 is 11.3 Å². The third kappa shape index (κ3) is 2.03. The average molecular weight is 336 g/mol. The number of anilines is 1. The van der Waals surface area contributed by atoms with Crippen LogP contribution in [0.2, 0.25) is 0 Å². The van der Waals surface area contributed by atoms with Gasteiger partial charge in [0, 0.05) is 4.88 Å². The number of nitrogens with one attached hydrogen (secondary N) is 1. The van der Waals surface area contributed by atoms with Gasteiger partial charge in [-0.05, 0) is 36.8 Å². The zero-order chi connectivity index (χ0) is 16.1. The van der Waals surface area contributed by atoms with Crippen LogP contribution in [-0.4, -0.2) is 15.3 Å². The fourth-order valence-electron chi connectivity index (χ4n) is 3.56. The van der Waals surface area contributed by atoms with E-state index in [1.54, 1.807) is 15.9 Å². The zero-order valence-corrected chi connectivity index (χ0v) is 13.9. The molecule has 1 aliphatic heterocycles. The van der Waals surface area contributed by atoms with Crippen LogP contribution < -0.4 is 11.0 Å². The Bertz CT molecular complexity index is 1030. The predicted molar refractivity (Wildman–Crippen MR) is 97.1 cm³/mol. The standard InChI is InChI=1S/C18H16N4OS/c23-17-15-12-8-4-5-9-14(12)24-16(15)19-18-21-20-13(10-22(17)18)11-6-2-1-3-7-11/h1-3,6-7H,4-5,8-10H2,(H,19,21). The van der Waals surface area contributed by atoms with Gasteiger partial charge < -0.3 is 0 Å². The van der Waals surface area contributed by atoms with E-state index in [0.29, 0.717) is 12.5 Å². The predicted octanol–water partition coefficient (Wildman–Crippen LogP) is 3.17. The summed E-state index contributed by atoms with van der Waals surface area (Å²) in [5.41, 5.74) is 6.15. The molecule has 0 saturated carbocycles. The van der Waals surface area contributed by atoms with E-state index in [9.17, 15) is 4.79 Å². The highest BCUT2D eigenvalue weighted by Crippen LogP contribution is 2.34. The summed E-state index contributed by atoms with van der Waals surface area (Å²) in [7, 11) is 0. The molecule has 0 radical (unpaired) electrons. The Morgan fingerprint density at radius 1 is 1.12 bits per heavy atom. The van der Waals surface area contributed by atoms with Crippen molar-refractivity contribution in [2.45, 2.75) is 32.2 Å². The lowest BCUT2D eigenvalue weighted by atomic mass is 9.97. The van der Waals surface area contributed by atoms with Gasteiger partial charge in [-0.2, -0.15) is 5.10 Å². The molecule has 0 unspecified atom stereocenters. The first kappa shape index (κ1) is 13.9. The first-order valence-corrected chi connectivity index (χ1v) is 9.06. The van der Waals surface area contributed by atoms with Gasteiger partial charge in [-0.1, -0.05) is 30.3 Å². The second kappa shape index (κ2) is 5.27. The minimum Gasteiger partial charge on any atom is -0.271 e. The minimum absolute atomic E-state index is 0.0604. The maximum Gasteiger partial charge on any atom is 0.264 e. The van der Waals surface area contributed by atoms with Crippen LogP contribution in [0.4, 0.5) is 5.95 Å². The fourth-order valence-corrected chi connectivity index (χ4v) is 4.81. The van der Waals surface area contributed by atoms with Crippen molar-refractivity contribution in [2.24, 2.45) is 5.10 Å². The lowest BCUT2D eigenvalue weighted by Crippen LogP contribution is -2.31. The molecule has 0 bridgehead atoms. The Kier molecular flexibility index (Phi) is 3.06. The zero-order valence-electron chi connectivity index (χ0n) is 13.1. The first-order valence-electron chi connectivity index (χ1n) is 8.24. The molecule has 3 heterocycles. The highest BCUT2D eigenvalue weighted by atomic mass is 32.1. The Labute approximate surface area is 142 Å². The summed E-state index contributed by atoms with van der Waals surface area (Å²) in [6.45, 7) is 0.457. The number of nitrogens with zero attached hydrogens (tertiary/aromatic N) is 3. The van der Waals surface area contributed by atoms with Crippen LogP contribution in [0.15, 0.2) is 40.2 Å². The number of rotatable bonds is 1. The maximum absolute atomic E-state index is 13.1. The minimum atomic E-state index is 0.0604. The van der Waals surface area contributed by atoms with Gasteiger partial charge in [-0.25, -0.2) is 10.4 Å². The van der Waals surface area contributed by atoms with Crippen molar-refractivity contribution in [1.29, 1.82) is 0 Å². The van der Waals surface area contributed by atoms with Gasteiger partial charge in [0.1, 0.15) is 4.83 Å². The van der Waals surface area contributed by atoms with Gasteiger partial charge in [0.05, 0.1) is 17.6 Å². The Hall–Kier alpha value is -2.47. The van der Waals surface area contributed by atoms with Gasteiger partial charge in [0.25, 0.3) is 5.56 Å². The number of aryl methyl sites for hydroxylation is 2. The molecule has 0 spiro atoms. The molecule has 24 heavy (non-hydrogen) atoms. The number of hydrazone groups is 1. The van der Waals surface area contributed by atoms with Gasteiger partial charge in [-0.3, -0.25) is 9.36 Å². The number of thiophene rings is 1. The molecule has 5 rings (SSSR count). The van der Waals surface area contributed by atoms with Crippen LogP contribution in [0.1, 0.15) is 28.8 Å². The topological polar surface area (TPSA) is 59.3 Å². The molecule has 0 amide bonds. The Morgan fingerprint density at radius 2 is 1.96 bits per heavy atom. The summed E-state index contributed by atoms with van der Waals surface area (Å²) in [5.74, 6) is 0.547. The molecule has 120 valence electrons. The van der Waals surface area contributed by atoms with Gasteiger partial charge in [-0.15, -0.1) is 11.3 Å². The first-order chi connectivity index (χ1) is 11.8. The maximum atomic E-state index is 13.1. The van der Waals surface area contributed by atoms with E-state index in [0.717, 1.165) is 40.8 Å². The van der Waals surface area contributed by atoms with Crippen LogP contribution in [0, 0.1) is 0 Å². The molecule has 0 saturated heterocycles. The highest BCUT2D eigenvalue weighted by Gasteiger charge is 2.24. The van der Waals surface area contributed by atoms with E-state index in [1.807, 2.05) is 30.3 Å².